The zero-order chi connectivity index (χ0) is 13.2. The van der Waals surface area contributed by atoms with Crippen LogP contribution < -0.4 is 4.74 Å². The Morgan fingerprint density at radius 2 is 2.05 bits per heavy atom. The Balaban J connectivity index is 1.70. The van der Waals surface area contributed by atoms with Crippen molar-refractivity contribution in [3.63, 3.8) is 0 Å². The summed E-state index contributed by atoms with van der Waals surface area (Å²) in [6.07, 6.45) is 6.80. The molecule has 0 unspecified atom stereocenters. The van der Waals surface area contributed by atoms with Crippen LogP contribution in [-0.2, 0) is 6.42 Å². The van der Waals surface area contributed by atoms with E-state index in [-0.39, 0.29) is 5.92 Å². The molecule has 1 aliphatic heterocycles. The topological polar surface area (TPSA) is 26.3 Å². The molecule has 0 spiro atoms. The average molecular weight is 258 g/mol. The zero-order valence-corrected chi connectivity index (χ0v) is 11.7. The highest BCUT2D eigenvalue weighted by atomic mass is 16.5. The second-order valence-electron chi connectivity index (χ2n) is 5.91. The molecule has 0 aromatic heterocycles. The van der Waals surface area contributed by atoms with Crippen molar-refractivity contribution in [3.8, 4) is 5.75 Å². The molecule has 1 aromatic carbocycles. The zero-order valence-electron chi connectivity index (χ0n) is 11.7. The molecule has 0 bridgehead atoms. The Morgan fingerprint density at radius 1 is 1.26 bits per heavy atom. The fourth-order valence-corrected chi connectivity index (χ4v) is 3.41. The maximum absolute atomic E-state index is 12.6. The minimum atomic E-state index is 0.253. The fourth-order valence-electron chi connectivity index (χ4n) is 3.41. The summed E-state index contributed by atoms with van der Waals surface area (Å²) >= 11 is 0. The number of carbonyl (C=O) groups excluding carboxylic acids is 1. The van der Waals surface area contributed by atoms with Crippen LogP contribution in [0.25, 0.3) is 0 Å². The lowest BCUT2D eigenvalue weighted by molar-refractivity contribution is 0.0871. The standard InChI is InChI=1S/C17H22O2/c1-2-12-3-5-13(6-4-12)17(18)15-7-8-16-14(11-15)9-10-19-16/h7-8,11-13H,2-6,9-10H2,1H3. The molecule has 2 heteroatoms. The first-order valence-corrected chi connectivity index (χ1v) is 7.58. The number of rotatable bonds is 3. The van der Waals surface area contributed by atoms with Crippen molar-refractivity contribution in [1.82, 2.24) is 0 Å². The van der Waals surface area contributed by atoms with Crippen molar-refractivity contribution in [1.29, 1.82) is 0 Å². The Kier molecular flexibility index (Phi) is 3.58. The molecule has 102 valence electrons. The Bertz CT molecular complexity index is 470. The Labute approximate surface area is 115 Å². The monoisotopic (exact) mass is 258 g/mol. The first-order chi connectivity index (χ1) is 9.28. The number of hydrogen-bond acceptors (Lipinski definition) is 2. The fraction of sp³-hybridized carbons (Fsp3) is 0.588. The molecule has 0 atom stereocenters. The van der Waals surface area contributed by atoms with Crippen LogP contribution in [0.4, 0.5) is 0 Å². The van der Waals surface area contributed by atoms with Gasteiger partial charge in [0, 0.05) is 17.9 Å². The van der Waals surface area contributed by atoms with Gasteiger partial charge in [-0.25, -0.2) is 0 Å². The molecule has 0 saturated heterocycles. The van der Waals surface area contributed by atoms with Gasteiger partial charge >= 0.3 is 0 Å². The summed E-state index contributed by atoms with van der Waals surface area (Å²) in [7, 11) is 0. The van der Waals surface area contributed by atoms with E-state index in [1.807, 2.05) is 12.1 Å². The first-order valence-electron chi connectivity index (χ1n) is 7.58. The normalized spacial score (nSPS) is 25.7. The van der Waals surface area contributed by atoms with Gasteiger partial charge in [-0.3, -0.25) is 4.79 Å². The van der Waals surface area contributed by atoms with E-state index in [1.54, 1.807) is 0 Å². The number of ether oxygens (including phenoxy) is 1. The van der Waals surface area contributed by atoms with Gasteiger partial charge in [0.05, 0.1) is 6.61 Å². The van der Waals surface area contributed by atoms with Crippen LogP contribution in [0.15, 0.2) is 18.2 Å². The number of Topliss-reactive ketones (excluding diaryl/α,β-unsaturated/α-hetero) is 1. The number of fused-ring (bicyclic) bond motifs is 1. The maximum Gasteiger partial charge on any atom is 0.165 e. The molecule has 0 N–H and O–H groups in total. The van der Waals surface area contributed by atoms with Crippen LogP contribution >= 0.6 is 0 Å². The predicted octanol–water partition coefficient (Wildman–Crippen LogP) is 4.02. The van der Waals surface area contributed by atoms with E-state index in [2.05, 4.69) is 13.0 Å². The third-order valence-electron chi connectivity index (χ3n) is 4.77. The molecule has 1 saturated carbocycles. The van der Waals surface area contributed by atoms with Gasteiger partial charge in [0.2, 0.25) is 0 Å². The van der Waals surface area contributed by atoms with E-state index >= 15 is 0 Å². The molecular formula is C17H22O2. The van der Waals surface area contributed by atoms with Crippen LogP contribution in [-0.4, -0.2) is 12.4 Å². The lowest BCUT2D eigenvalue weighted by Gasteiger charge is -2.26. The van der Waals surface area contributed by atoms with Crippen molar-refractivity contribution in [2.45, 2.75) is 45.4 Å². The van der Waals surface area contributed by atoms with Crippen molar-refractivity contribution in [2.24, 2.45) is 11.8 Å². The van der Waals surface area contributed by atoms with E-state index in [0.717, 1.165) is 43.1 Å². The van der Waals surface area contributed by atoms with Crippen LogP contribution in [0.1, 0.15) is 54.9 Å². The quantitative estimate of drug-likeness (QED) is 0.765. The molecule has 19 heavy (non-hydrogen) atoms. The first kappa shape index (κ1) is 12.7. The third kappa shape index (κ3) is 2.54. The van der Waals surface area contributed by atoms with E-state index < -0.39 is 0 Å². The van der Waals surface area contributed by atoms with E-state index in [9.17, 15) is 4.79 Å². The molecule has 1 heterocycles. The lowest BCUT2D eigenvalue weighted by atomic mass is 9.77. The summed E-state index contributed by atoms with van der Waals surface area (Å²) in [6, 6.07) is 5.96. The molecular weight excluding hydrogens is 236 g/mol. The Morgan fingerprint density at radius 3 is 2.79 bits per heavy atom. The molecule has 1 aliphatic carbocycles. The molecule has 1 fully saturated rings. The van der Waals surface area contributed by atoms with Crippen molar-refractivity contribution in [3.05, 3.63) is 29.3 Å². The third-order valence-corrected chi connectivity index (χ3v) is 4.77. The number of hydrogen-bond donors (Lipinski definition) is 0. The van der Waals surface area contributed by atoms with Gasteiger partial charge < -0.3 is 4.74 Å². The maximum atomic E-state index is 12.6. The minimum absolute atomic E-state index is 0.253. The Hall–Kier alpha value is -1.31. The van der Waals surface area contributed by atoms with E-state index in [1.165, 1.54) is 24.8 Å². The molecule has 2 aliphatic rings. The molecule has 0 amide bonds. The van der Waals surface area contributed by atoms with Crippen molar-refractivity contribution >= 4 is 5.78 Å². The second-order valence-corrected chi connectivity index (χ2v) is 5.91. The number of carbonyl (C=O) groups is 1. The smallest absolute Gasteiger partial charge is 0.165 e. The van der Waals surface area contributed by atoms with Crippen molar-refractivity contribution in [2.75, 3.05) is 6.61 Å². The van der Waals surface area contributed by atoms with Crippen LogP contribution in [0.3, 0.4) is 0 Å². The highest BCUT2D eigenvalue weighted by molar-refractivity contribution is 5.98. The second kappa shape index (κ2) is 5.36. The highest BCUT2D eigenvalue weighted by Crippen LogP contribution is 2.34. The van der Waals surface area contributed by atoms with Gasteiger partial charge in [-0.05, 0) is 55.4 Å². The SMILES string of the molecule is CCC1CCC(C(=O)c2ccc3c(c2)CCO3)CC1. The summed E-state index contributed by atoms with van der Waals surface area (Å²) < 4.78 is 5.50. The summed E-state index contributed by atoms with van der Waals surface area (Å²) in [5.74, 6) is 2.41. The van der Waals surface area contributed by atoms with E-state index in [4.69, 9.17) is 4.74 Å². The van der Waals surface area contributed by atoms with Gasteiger partial charge in [0.1, 0.15) is 5.75 Å². The van der Waals surface area contributed by atoms with Gasteiger partial charge in [-0.15, -0.1) is 0 Å². The van der Waals surface area contributed by atoms with E-state index in [0.29, 0.717) is 5.78 Å². The van der Waals surface area contributed by atoms with Gasteiger partial charge in [0.25, 0.3) is 0 Å². The summed E-state index contributed by atoms with van der Waals surface area (Å²) in [4.78, 5) is 12.6. The van der Waals surface area contributed by atoms with Crippen LogP contribution in [0, 0.1) is 11.8 Å². The van der Waals surface area contributed by atoms with Gasteiger partial charge in [0.15, 0.2) is 5.78 Å². The van der Waals surface area contributed by atoms with Gasteiger partial charge in [-0.2, -0.15) is 0 Å². The molecule has 1 aromatic rings. The largest absolute Gasteiger partial charge is 0.493 e. The van der Waals surface area contributed by atoms with Crippen LogP contribution in [0.2, 0.25) is 0 Å². The lowest BCUT2D eigenvalue weighted by Crippen LogP contribution is -2.21. The van der Waals surface area contributed by atoms with Gasteiger partial charge in [-0.1, -0.05) is 13.3 Å². The summed E-state index contributed by atoms with van der Waals surface area (Å²) in [5, 5.41) is 0. The predicted molar refractivity (Wildman–Crippen MR) is 75.7 cm³/mol. The average Bonchev–Trinajstić information content (AvgIpc) is 2.94. The summed E-state index contributed by atoms with van der Waals surface area (Å²) in [6.45, 7) is 3.02. The number of ketones is 1. The molecule has 2 nitrogen and oxygen atoms in total. The van der Waals surface area contributed by atoms with Crippen LogP contribution in [0.5, 0.6) is 5.75 Å². The molecule has 0 radical (unpaired) electrons. The molecule has 3 rings (SSSR count). The number of benzene rings is 1. The summed E-state index contributed by atoms with van der Waals surface area (Å²) in [5.41, 5.74) is 2.09. The minimum Gasteiger partial charge on any atom is -0.493 e. The highest BCUT2D eigenvalue weighted by Gasteiger charge is 2.27. The van der Waals surface area contributed by atoms with Crippen molar-refractivity contribution < 1.29 is 9.53 Å².